The SMILES string of the molecule is CCOC(=O)c1nc[nH]c1CNc1cnccn1. The Morgan fingerprint density at radius 3 is 3.06 bits per heavy atom. The highest BCUT2D eigenvalue weighted by atomic mass is 16.5. The van der Waals surface area contributed by atoms with Gasteiger partial charge in [-0.15, -0.1) is 0 Å². The van der Waals surface area contributed by atoms with E-state index in [0.717, 1.165) is 0 Å². The molecule has 7 nitrogen and oxygen atoms in total. The summed E-state index contributed by atoms with van der Waals surface area (Å²) in [7, 11) is 0. The summed E-state index contributed by atoms with van der Waals surface area (Å²) in [5, 5.41) is 3.03. The van der Waals surface area contributed by atoms with E-state index in [1.165, 1.54) is 6.33 Å². The molecule has 0 aromatic carbocycles. The molecule has 0 saturated heterocycles. The Kier molecular flexibility index (Phi) is 3.85. The van der Waals surface area contributed by atoms with Crippen LogP contribution in [0.25, 0.3) is 0 Å². The number of carbonyl (C=O) groups is 1. The predicted molar refractivity (Wildman–Crippen MR) is 63.9 cm³/mol. The van der Waals surface area contributed by atoms with Crippen LogP contribution in [-0.2, 0) is 11.3 Å². The Hall–Kier alpha value is -2.44. The van der Waals surface area contributed by atoms with Crippen molar-refractivity contribution in [2.45, 2.75) is 13.5 Å². The van der Waals surface area contributed by atoms with E-state index in [1.54, 1.807) is 25.5 Å². The molecule has 94 valence electrons. The van der Waals surface area contributed by atoms with Gasteiger partial charge in [0.2, 0.25) is 0 Å². The van der Waals surface area contributed by atoms with Crippen molar-refractivity contribution in [1.29, 1.82) is 0 Å². The standard InChI is InChI=1S/C11H13N5O2/c1-2-18-11(17)10-8(15-7-16-10)5-14-9-6-12-3-4-13-9/h3-4,6-7H,2,5H2,1H3,(H,13,14)(H,15,16). The summed E-state index contributed by atoms with van der Waals surface area (Å²) >= 11 is 0. The van der Waals surface area contributed by atoms with E-state index in [0.29, 0.717) is 24.7 Å². The second-order valence-corrected chi connectivity index (χ2v) is 3.39. The Morgan fingerprint density at radius 2 is 2.33 bits per heavy atom. The van der Waals surface area contributed by atoms with Gasteiger partial charge in [0.1, 0.15) is 5.82 Å². The Labute approximate surface area is 104 Å². The average molecular weight is 247 g/mol. The van der Waals surface area contributed by atoms with Gasteiger partial charge in [0, 0.05) is 12.4 Å². The third kappa shape index (κ3) is 2.82. The maximum Gasteiger partial charge on any atom is 0.358 e. The van der Waals surface area contributed by atoms with Gasteiger partial charge in [-0.1, -0.05) is 0 Å². The van der Waals surface area contributed by atoms with Crippen molar-refractivity contribution < 1.29 is 9.53 Å². The first kappa shape index (κ1) is 12.0. The lowest BCUT2D eigenvalue weighted by Crippen LogP contribution is -2.11. The number of aromatic nitrogens is 4. The minimum Gasteiger partial charge on any atom is -0.461 e. The van der Waals surface area contributed by atoms with Gasteiger partial charge in [-0.3, -0.25) is 4.98 Å². The van der Waals surface area contributed by atoms with E-state index in [2.05, 4.69) is 25.3 Å². The molecule has 0 atom stereocenters. The lowest BCUT2D eigenvalue weighted by Gasteiger charge is -2.05. The highest BCUT2D eigenvalue weighted by Crippen LogP contribution is 2.07. The first-order valence-electron chi connectivity index (χ1n) is 5.50. The van der Waals surface area contributed by atoms with Crippen LogP contribution in [0.2, 0.25) is 0 Å². The van der Waals surface area contributed by atoms with Gasteiger partial charge in [0.25, 0.3) is 0 Å². The van der Waals surface area contributed by atoms with Crippen molar-refractivity contribution >= 4 is 11.8 Å². The van der Waals surface area contributed by atoms with Crippen LogP contribution in [0.5, 0.6) is 0 Å². The number of ether oxygens (including phenoxy) is 1. The van der Waals surface area contributed by atoms with Gasteiger partial charge in [-0.05, 0) is 6.92 Å². The summed E-state index contributed by atoms with van der Waals surface area (Å²) in [6.45, 7) is 2.47. The Bertz CT molecular complexity index is 511. The van der Waals surface area contributed by atoms with Crippen molar-refractivity contribution in [2.24, 2.45) is 0 Å². The van der Waals surface area contributed by atoms with Crippen molar-refractivity contribution in [3.63, 3.8) is 0 Å². The Balaban J connectivity index is 2.02. The number of anilines is 1. The van der Waals surface area contributed by atoms with E-state index < -0.39 is 5.97 Å². The average Bonchev–Trinajstić information content (AvgIpc) is 2.86. The van der Waals surface area contributed by atoms with Crippen LogP contribution < -0.4 is 5.32 Å². The highest BCUT2D eigenvalue weighted by Gasteiger charge is 2.15. The van der Waals surface area contributed by atoms with Crippen molar-refractivity contribution in [3.8, 4) is 0 Å². The van der Waals surface area contributed by atoms with Gasteiger partial charge in [-0.25, -0.2) is 14.8 Å². The maximum atomic E-state index is 11.6. The number of nitrogens with zero attached hydrogens (tertiary/aromatic N) is 3. The second kappa shape index (κ2) is 5.76. The summed E-state index contributed by atoms with van der Waals surface area (Å²) in [4.78, 5) is 26.4. The molecule has 2 aromatic rings. The van der Waals surface area contributed by atoms with Crippen LogP contribution in [0, 0.1) is 0 Å². The smallest absolute Gasteiger partial charge is 0.358 e. The topological polar surface area (TPSA) is 92.8 Å². The van der Waals surface area contributed by atoms with Gasteiger partial charge in [0.15, 0.2) is 5.69 Å². The van der Waals surface area contributed by atoms with Gasteiger partial charge in [0.05, 0.1) is 31.4 Å². The quantitative estimate of drug-likeness (QED) is 0.765. The number of rotatable bonds is 5. The maximum absolute atomic E-state index is 11.6. The molecule has 0 unspecified atom stereocenters. The summed E-state index contributed by atoms with van der Waals surface area (Å²) in [5.41, 5.74) is 0.937. The first-order valence-corrected chi connectivity index (χ1v) is 5.50. The molecule has 2 rings (SSSR count). The van der Waals surface area contributed by atoms with E-state index >= 15 is 0 Å². The largest absolute Gasteiger partial charge is 0.461 e. The Morgan fingerprint density at radius 1 is 1.44 bits per heavy atom. The molecule has 0 radical (unpaired) electrons. The summed E-state index contributed by atoms with van der Waals surface area (Å²) in [6.07, 6.45) is 6.23. The van der Waals surface area contributed by atoms with Crippen molar-refractivity contribution in [2.75, 3.05) is 11.9 Å². The molecule has 0 aliphatic rings. The number of H-pyrrole nitrogens is 1. The molecule has 2 heterocycles. The zero-order valence-electron chi connectivity index (χ0n) is 9.88. The zero-order chi connectivity index (χ0) is 12.8. The normalized spacial score (nSPS) is 10.1. The molecule has 0 bridgehead atoms. The minimum absolute atomic E-state index is 0.285. The van der Waals surface area contributed by atoms with Crippen LogP contribution in [0.1, 0.15) is 23.1 Å². The number of imidazole rings is 1. The number of esters is 1. The summed E-state index contributed by atoms with van der Waals surface area (Å²) < 4.78 is 4.90. The third-order valence-electron chi connectivity index (χ3n) is 2.20. The molecule has 18 heavy (non-hydrogen) atoms. The molecule has 0 amide bonds. The van der Waals surface area contributed by atoms with Crippen LogP contribution in [0.15, 0.2) is 24.9 Å². The molecular weight excluding hydrogens is 234 g/mol. The molecule has 0 spiro atoms. The van der Waals surface area contributed by atoms with E-state index in [-0.39, 0.29) is 5.69 Å². The second-order valence-electron chi connectivity index (χ2n) is 3.39. The van der Waals surface area contributed by atoms with Crippen LogP contribution in [-0.4, -0.2) is 32.5 Å². The summed E-state index contributed by atoms with van der Waals surface area (Å²) in [6, 6.07) is 0. The number of hydrogen-bond acceptors (Lipinski definition) is 6. The molecule has 0 saturated carbocycles. The van der Waals surface area contributed by atoms with Crippen molar-refractivity contribution in [1.82, 2.24) is 19.9 Å². The fraction of sp³-hybridized carbons (Fsp3) is 0.273. The number of hydrogen-bond donors (Lipinski definition) is 2. The first-order chi connectivity index (χ1) is 8.81. The minimum atomic E-state index is -0.435. The van der Waals surface area contributed by atoms with E-state index in [4.69, 9.17) is 4.74 Å². The van der Waals surface area contributed by atoms with Crippen LogP contribution in [0.4, 0.5) is 5.82 Å². The molecule has 2 N–H and O–H groups in total. The molecule has 2 aromatic heterocycles. The molecular formula is C11H13N5O2. The van der Waals surface area contributed by atoms with Crippen LogP contribution in [0.3, 0.4) is 0 Å². The molecule has 7 heteroatoms. The summed E-state index contributed by atoms with van der Waals surface area (Å²) in [5.74, 6) is 0.191. The van der Waals surface area contributed by atoms with Crippen LogP contribution >= 0.6 is 0 Å². The van der Waals surface area contributed by atoms with Gasteiger partial charge in [-0.2, -0.15) is 0 Å². The van der Waals surface area contributed by atoms with Crippen molar-refractivity contribution in [3.05, 3.63) is 36.3 Å². The number of aromatic amines is 1. The van der Waals surface area contributed by atoms with E-state index in [1.807, 2.05) is 0 Å². The molecule has 0 aliphatic heterocycles. The monoisotopic (exact) mass is 247 g/mol. The third-order valence-corrected chi connectivity index (χ3v) is 2.20. The number of carbonyl (C=O) groups excluding carboxylic acids is 1. The predicted octanol–water partition coefficient (Wildman–Crippen LogP) is 0.988. The lowest BCUT2D eigenvalue weighted by atomic mass is 10.3. The zero-order valence-corrected chi connectivity index (χ0v) is 9.88. The van der Waals surface area contributed by atoms with E-state index in [9.17, 15) is 4.79 Å². The molecule has 0 aliphatic carbocycles. The lowest BCUT2D eigenvalue weighted by molar-refractivity contribution is 0.0519. The fourth-order valence-electron chi connectivity index (χ4n) is 1.40. The fourth-order valence-corrected chi connectivity index (χ4v) is 1.40. The molecule has 0 fully saturated rings. The number of nitrogens with one attached hydrogen (secondary N) is 2. The van der Waals surface area contributed by atoms with Gasteiger partial charge >= 0.3 is 5.97 Å². The highest BCUT2D eigenvalue weighted by molar-refractivity contribution is 5.88. The van der Waals surface area contributed by atoms with Gasteiger partial charge < -0.3 is 15.0 Å².